The Kier molecular flexibility index (Phi) is 4.45. The number of aliphatic hydroxyl groups is 1. The summed E-state index contributed by atoms with van der Waals surface area (Å²) in [5.41, 5.74) is -0.408. The zero-order valence-electron chi connectivity index (χ0n) is 12.4. The molecule has 0 radical (unpaired) electrons. The number of benzene rings is 1. The highest BCUT2D eigenvalue weighted by Gasteiger charge is 2.45. The van der Waals surface area contributed by atoms with Crippen molar-refractivity contribution in [3.63, 3.8) is 0 Å². The normalized spacial score (nSPS) is 26.9. The molecule has 4 heteroatoms. The lowest BCUT2D eigenvalue weighted by Gasteiger charge is -2.41. The van der Waals surface area contributed by atoms with Crippen LogP contribution in [0, 0.1) is 5.92 Å². The van der Waals surface area contributed by atoms with Gasteiger partial charge >= 0.3 is 0 Å². The lowest BCUT2D eigenvalue weighted by atomic mass is 9.70. The van der Waals surface area contributed by atoms with E-state index < -0.39 is 5.60 Å². The summed E-state index contributed by atoms with van der Waals surface area (Å²) in [5, 5.41) is 11.2. The van der Waals surface area contributed by atoms with Crippen LogP contribution in [-0.2, 0) is 10.4 Å². The van der Waals surface area contributed by atoms with Gasteiger partial charge in [0, 0.05) is 30.9 Å². The van der Waals surface area contributed by atoms with E-state index in [1.165, 1.54) is 0 Å². The maximum Gasteiger partial charge on any atom is 0.136 e. The van der Waals surface area contributed by atoms with Crippen LogP contribution in [0.2, 0.25) is 0 Å². The summed E-state index contributed by atoms with van der Waals surface area (Å²) < 4.78 is 5.37. The van der Waals surface area contributed by atoms with Crippen molar-refractivity contribution in [2.45, 2.75) is 24.9 Å². The van der Waals surface area contributed by atoms with Crippen LogP contribution < -0.4 is 4.74 Å². The van der Waals surface area contributed by atoms with Gasteiger partial charge in [0.15, 0.2) is 0 Å². The van der Waals surface area contributed by atoms with E-state index in [2.05, 4.69) is 4.90 Å². The first-order valence-electron chi connectivity index (χ1n) is 6.99. The van der Waals surface area contributed by atoms with Crippen molar-refractivity contribution in [3.8, 4) is 5.75 Å². The number of para-hydroxylation sites is 1. The highest BCUT2D eigenvalue weighted by molar-refractivity contribution is 5.81. The van der Waals surface area contributed by atoms with E-state index in [9.17, 15) is 9.90 Å². The Morgan fingerprint density at radius 2 is 2.10 bits per heavy atom. The molecule has 1 aromatic carbocycles. The number of Topliss-reactive ketones (excluding diaryl/α,β-unsaturated/α-hetero) is 1. The molecule has 110 valence electrons. The maximum atomic E-state index is 11.9. The standard InChI is InChI=1S/C16H23NO3/c1-17(2)11-12-8-9-13(18)10-16(12,19)14-6-4-5-7-15(14)20-3/h4-7,12,19H,8-11H2,1-3H3/t12-,16+/m0/s1. The van der Waals surface area contributed by atoms with Gasteiger partial charge in [-0.25, -0.2) is 0 Å². The molecular formula is C16H23NO3. The molecule has 0 spiro atoms. The molecule has 0 unspecified atom stereocenters. The quantitative estimate of drug-likeness (QED) is 0.912. The highest BCUT2D eigenvalue weighted by Crippen LogP contribution is 2.44. The summed E-state index contributed by atoms with van der Waals surface area (Å²) >= 11 is 0. The van der Waals surface area contributed by atoms with Gasteiger partial charge in [0.2, 0.25) is 0 Å². The summed E-state index contributed by atoms with van der Waals surface area (Å²) in [6.07, 6.45) is 1.44. The number of ketones is 1. The van der Waals surface area contributed by atoms with Crippen LogP contribution in [0.15, 0.2) is 24.3 Å². The van der Waals surface area contributed by atoms with Crippen molar-refractivity contribution in [1.29, 1.82) is 0 Å². The molecule has 1 aliphatic rings. The molecule has 1 N–H and O–H groups in total. The third-order valence-electron chi connectivity index (χ3n) is 4.07. The SMILES string of the molecule is COc1ccccc1[C@@]1(O)CC(=O)CC[C@H]1CN(C)C. The van der Waals surface area contributed by atoms with Crippen molar-refractivity contribution < 1.29 is 14.6 Å². The van der Waals surface area contributed by atoms with Crippen LogP contribution in [0.5, 0.6) is 5.75 Å². The zero-order valence-corrected chi connectivity index (χ0v) is 12.4. The Bertz CT molecular complexity index is 486. The number of carbonyl (C=O) groups is 1. The first-order valence-corrected chi connectivity index (χ1v) is 6.99. The van der Waals surface area contributed by atoms with Crippen molar-refractivity contribution in [2.75, 3.05) is 27.7 Å². The first kappa shape index (κ1) is 15.0. The summed E-state index contributed by atoms with van der Waals surface area (Å²) in [4.78, 5) is 13.9. The molecule has 0 heterocycles. The molecule has 0 amide bonds. The van der Waals surface area contributed by atoms with Crippen LogP contribution >= 0.6 is 0 Å². The molecule has 0 saturated heterocycles. The summed E-state index contributed by atoms with van der Waals surface area (Å²) in [7, 11) is 5.56. The average molecular weight is 277 g/mol. The highest BCUT2D eigenvalue weighted by atomic mass is 16.5. The van der Waals surface area contributed by atoms with Gasteiger partial charge in [-0.05, 0) is 26.6 Å². The van der Waals surface area contributed by atoms with Crippen LogP contribution in [-0.4, -0.2) is 43.5 Å². The van der Waals surface area contributed by atoms with Gasteiger partial charge in [-0.3, -0.25) is 4.79 Å². The second-order valence-corrected chi connectivity index (χ2v) is 5.84. The van der Waals surface area contributed by atoms with Crippen LogP contribution in [0.3, 0.4) is 0 Å². The molecule has 1 saturated carbocycles. The number of hydrogen-bond acceptors (Lipinski definition) is 4. The predicted molar refractivity (Wildman–Crippen MR) is 77.8 cm³/mol. The lowest BCUT2D eigenvalue weighted by molar-refractivity contribution is -0.135. The van der Waals surface area contributed by atoms with Gasteiger partial charge < -0.3 is 14.7 Å². The molecule has 4 nitrogen and oxygen atoms in total. The lowest BCUT2D eigenvalue weighted by Crippen LogP contribution is -2.45. The summed E-state index contributed by atoms with van der Waals surface area (Å²) in [6, 6.07) is 7.44. The van der Waals surface area contributed by atoms with Crippen LogP contribution in [0.1, 0.15) is 24.8 Å². The van der Waals surface area contributed by atoms with Crippen molar-refractivity contribution >= 4 is 5.78 Å². The second kappa shape index (κ2) is 5.94. The molecule has 1 fully saturated rings. The van der Waals surface area contributed by atoms with E-state index in [1.54, 1.807) is 7.11 Å². The molecule has 0 aromatic heterocycles. The Labute approximate surface area is 120 Å². The molecule has 0 aliphatic heterocycles. The molecule has 1 aromatic rings. The molecule has 2 rings (SSSR count). The minimum atomic E-state index is -1.13. The van der Waals surface area contributed by atoms with E-state index in [1.807, 2.05) is 38.4 Å². The smallest absolute Gasteiger partial charge is 0.136 e. The molecule has 2 atom stereocenters. The molecular weight excluding hydrogens is 254 g/mol. The Hall–Kier alpha value is -1.39. The van der Waals surface area contributed by atoms with Crippen molar-refractivity contribution in [3.05, 3.63) is 29.8 Å². The monoisotopic (exact) mass is 277 g/mol. The fourth-order valence-electron chi connectivity index (χ4n) is 3.11. The minimum absolute atomic E-state index is 0.0338. The van der Waals surface area contributed by atoms with Gasteiger partial charge in [-0.2, -0.15) is 0 Å². The number of nitrogens with zero attached hydrogens (tertiary/aromatic N) is 1. The topological polar surface area (TPSA) is 49.8 Å². The van der Waals surface area contributed by atoms with Crippen molar-refractivity contribution in [1.82, 2.24) is 4.90 Å². The van der Waals surface area contributed by atoms with Gasteiger partial charge in [-0.1, -0.05) is 18.2 Å². The third kappa shape index (κ3) is 2.86. The fraction of sp³-hybridized carbons (Fsp3) is 0.562. The predicted octanol–water partition coefficient (Wildman–Crippen LogP) is 1.81. The average Bonchev–Trinajstić information content (AvgIpc) is 2.41. The number of hydrogen-bond donors (Lipinski definition) is 1. The number of rotatable bonds is 4. The van der Waals surface area contributed by atoms with Gasteiger partial charge in [0.05, 0.1) is 7.11 Å². The Balaban J connectivity index is 2.42. The van der Waals surface area contributed by atoms with Gasteiger partial charge in [0.25, 0.3) is 0 Å². The largest absolute Gasteiger partial charge is 0.496 e. The van der Waals surface area contributed by atoms with E-state index in [0.717, 1.165) is 12.1 Å². The third-order valence-corrected chi connectivity index (χ3v) is 4.07. The Morgan fingerprint density at radius 1 is 1.40 bits per heavy atom. The van der Waals surface area contributed by atoms with E-state index in [0.29, 0.717) is 18.6 Å². The maximum absolute atomic E-state index is 11.9. The summed E-state index contributed by atoms with van der Waals surface area (Å²) in [6.45, 7) is 0.752. The van der Waals surface area contributed by atoms with Crippen molar-refractivity contribution in [2.24, 2.45) is 5.92 Å². The van der Waals surface area contributed by atoms with Crippen LogP contribution in [0.25, 0.3) is 0 Å². The van der Waals surface area contributed by atoms with Gasteiger partial charge in [0.1, 0.15) is 17.1 Å². The Morgan fingerprint density at radius 3 is 2.75 bits per heavy atom. The molecule has 0 bridgehead atoms. The number of carbonyl (C=O) groups excluding carboxylic acids is 1. The van der Waals surface area contributed by atoms with E-state index in [-0.39, 0.29) is 18.1 Å². The number of methoxy groups -OCH3 is 1. The zero-order chi connectivity index (χ0) is 14.8. The molecule has 20 heavy (non-hydrogen) atoms. The van der Waals surface area contributed by atoms with E-state index >= 15 is 0 Å². The van der Waals surface area contributed by atoms with Gasteiger partial charge in [-0.15, -0.1) is 0 Å². The minimum Gasteiger partial charge on any atom is -0.496 e. The fourth-order valence-corrected chi connectivity index (χ4v) is 3.11. The number of ether oxygens (including phenoxy) is 1. The summed E-state index contributed by atoms with van der Waals surface area (Å²) in [5.74, 6) is 0.799. The first-order chi connectivity index (χ1) is 9.47. The second-order valence-electron chi connectivity index (χ2n) is 5.84. The van der Waals surface area contributed by atoms with Crippen LogP contribution in [0.4, 0.5) is 0 Å². The van der Waals surface area contributed by atoms with E-state index in [4.69, 9.17) is 4.74 Å². The molecule has 1 aliphatic carbocycles.